The zero-order valence-electron chi connectivity index (χ0n) is 23.4. The van der Waals surface area contributed by atoms with Crippen LogP contribution in [0.2, 0.25) is 0 Å². The summed E-state index contributed by atoms with van der Waals surface area (Å²) in [4.78, 5) is 13.2. The number of aromatic nitrogens is 7. The van der Waals surface area contributed by atoms with E-state index in [2.05, 4.69) is 29.9 Å². The van der Waals surface area contributed by atoms with Crippen LogP contribution in [0, 0.1) is 13.8 Å². The molecule has 4 aromatic heterocycles. The predicted octanol–water partition coefficient (Wildman–Crippen LogP) is 3.52. The highest BCUT2D eigenvalue weighted by atomic mass is 32.2. The summed E-state index contributed by atoms with van der Waals surface area (Å²) in [6.45, 7) is 5.20. The maximum atomic E-state index is 13.8. The second-order valence-electron chi connectivity index (χ2n) is 9.30. The van der Waals surface area contributed by atoms with E-state index in [1.165, 1.54) is 28.3 Å². The first-order valence-corrected chi connectivity index (χ1v) is 14.2. The van der Waals surface area contributed by atoms with E-state index in [-0.39, 0.29) is 11.8 Å². The maximum Gasteiger partial charge on any atom is 0.243 e. The molecule has 0 aliphatic carbocycles. The number of methoxy groups -OCH3 is 3. The minimum absolute atomic E-state index is 0.0837. The number of fused-ring (bicyclic) bond motifs is 1. The van der Waals surface area contributed by atoms with Gasteiger partial charge in [0.1, 0.15) is 39.9 Å². The molecule has 0 saturated heterocycles. The highest BCUT2D eigenvalue weighted by molar-refractivity contribution is 7.93. The molecule has 1 N–H and O–H groups in total. The number of anilines is 1. The maximum absolute atomic E-state index is 13.8. The zero-order valence-corrected chi connectivity index (χ0v) is 24.2. The molecule has 0 amide bonds. The van der Waals surface area contributed by atoms with Crippen LogP contribution >= 0.6 is 0 Å². The lowest BCUT2D eigenvalue weighted by atomic mass is 10.2. The van der Waals surface area contributed by atoms with Crippen molar-refractivity contribution in [3.05, 3.63) is 72.1 Å². The topological polar surface area (TPSA) is 148 Å². The third-order valence-electron chi connectivity index (χ3n) is 6.66. The Morgan fingerprint density at radius 2 is 1.61 bits per heavy atom. The van der Waals surface area contributed by atoms with Gasteiger partial charge in [0.25, 0.3) is 0 Å². The molecule has 2 atom stereocenters. The number of sulfonamides is 1. The molecule has 14 heteroatoms. The molecule has 1 aromatic carbocycles. The fraction of sp³-hybridized carbons (Fsp3) is 0.296. The number of hydrogen-bond donors (Lipinski definition) is 1. The van der Waals surface area contributed by atoms with Gasteiger partial charge in [-0.05, 0) is 50.6 Å². The molecule has 0 spiro atoms. The number of benzene rings is 1. The van der Waals surface area contributed by atoms with Crippen molar-refractivity contribution in [3.8, 4) is 28.7 Å². The normalized spacial score (nSPS) is 13.2. The van der Waals surface area contributed by atoms with Gasteiger partial charge in [-0.1, -0.05) is 12.1 Å². The number of ether oxygens (including phenoxy) is 3. The van der Waals surface area contributed by atoms with Gasteiger partial charge in [0.05, 0.1) is 19.9 Å². The molecule has 0 unspecified atom stereocenters. The highest BCUT2D eigenvalue weighted by Gasteiger charge is 2.35. The fourth-order valence-electron chi connectivity index (χ4n) is 4.59. The molecule has 0 bridgehead atoms. The van der Waals surface area contributed by atoms with Gasteiger partial charge in [0.2, 0.25) is 16.0 Å². The van der Waals surface area contributed by atoms with Crippen LogP contribution in [0.4, 0.5) is 5.95 Å². The number of nitrogens with one attached hydrogen (secondary N) is 1. The number of rotatable bonds is 10. The van der Waals surface area contributed by atoms with Crippen LogP contribution in [0.15, 0.2) is 55.0 Å². The Hall–Kier alpha value is -4.56. The summed E-state index contributed by atoms with van der Waals surface area (Å²) in [7, 11) is 0.292. The van der Waals surface area contributed by atoms with Crippen LogP contribution in [0.25, 0.3) is 22.9 Å². The molecular weight excluding hydrogens is 548 g/mol. The second kappa shape index (κ2) is 11.1. The Morgan fingerprint density at radius 3 is 2.24 bits per heavy atom. The van der Waals surface area contributed by atoms with Crippen molar-refractivity contribution in [2.24, 2.45) is 0 Å². The van der Waals surface area contributed by atoms with Gasteiger partial charge >= 0.3 is 0 Å². The molecule has 0 aliphatic heterocycles. The number of hydrogen-bond acceptors (Lipinski definition) is 10. The molecule has 0 radical (unpaired) electrons. The molecule has 5 aromatic rings. The summed E-state index contributed by atoms with van der Waals surface area (Å²) < 4.78 is 50.5. The van der Waals surface area contributed by atoms with Gasteiger partial charge in [0.15, 0.2) is 11.6 Å². The van der Waals surface area contributed by atoms with Crippen molar-refractivity contribution in [2.75, 3.05) is 26.1 Å². The molecule has 41 heavy (non-hydrogen) atoms. The van der Waals surface area contributed by atoms with Gasteiger partial charge in [-0.3, -0.25) is 13.7 Å². The van der Waals surface area contributed by atoms with E-state index in [1.807, 2.05) is 42.6 Å². The zero-order chi connectivity index (χ0) is 29.3. The molecule has 0 saturated carbocycles. The van der Waals surface area contributed by atoms with Gasteiger partial charge in [-0.2, -0.15) is 0 Å². The summed E-state index contributed by atoms with van der Waals surface area (Å²) in [5.74, 6) is 1.30. The average Bonchev–Trinajstić information content (AvgIpc) is 3.52. The number of pyridine rings is 1. The van der Waals surface area contributed by atoms with Crippen LogP contribution in [0.3, 0.4) is 0 Å². The van der Waals surface area contributed by atoms with Crippen molar-refractivity contribution in [3.63, 3.8) is 0 Å². The van der Waals surface area contributed by atoms with E-state index in [0.717, 1.165) is 5.56 Å². The number of imidazole rings is 1. The van der Waals surface area contributed by atoms with Gasteiger partial charge in [-0.25, -0.2) is 23.4 Å². The first-order valence-electron chi connectivity index (χ1n) is 12.6. The molecule has 214 valence electrons. The van der Waals surface area contributed by atoms with Gasteiger partial charge in [0, 0.05) is 25.7 Å². The molecule has 0 fully saturated rings. The summed E-state index contributed by atoms with van der Waals surface area (Å²) in [6, 6.07) is 10.8. The molecule has 4 heterocycles. The number of aryl methyl sites for hydroxylation is 2. The van der Waals surface area contributed by atoms with Crippen LogP contribution < -0.4 is 14.2 Å². The van der Waals surface area contributed by atoms with Crippen LogP contribution in [-0.2, 0) is 14.8 Å². The summed E-state index contributed by atoms with van der Waals surface area (Å²) in [5, 5.41) is 7.60. The summed E-state index contributed by atoms with van der Waals surface area (Å²) in [6.07, 6.45) is 4.11. The van der Waals surface area contributed by atoms with Crippen molar-refractivity contribution in [1.29, 1.82) is 0 Å². The Bertz CT molecular complexity index is 1780. The molecule has 13 nitrogen and oxygen atoms in total. The largest absolute Gasteiger partial charge is 0.494 e. The van der Waals surface area contributed by atoms with Crippen molar-refractivity contribution < 1.29 is 22.6 Å². The number of para-hydroxylation sites is 1. The van der Waals surface area contributed by atoms with E-state index < -0.39 is 21.4 Å². The van der Waals surface area contributed by atoms with Crippen LogP contribution in [-0.4, -0.2) is 69.1 Å². The van der Waals surface area contributed by atoms with E-state index in [1.54, 1.807) is 35.2 Å². The van der Waals surface area contributed by atoms with E-state index in [4.69, 9.17) is 14.2 Å². The van der Waals surface area contributed by atoms with Gasteiger partial charge < -0.3 is 14.2 Å². The monoisotopic (exact) mass is 578 g/mol. The lowest BCUT2D eigenvalue weighted by Gasteiger charge is -2.23. The minimum atomic E-state index is -4.14. The van der Waals surface area contributed by atoms with Crippen molar-refractivity contribution in [1.82, 2.24) is 34.1 Å². The molecule has 5 rings (SSSR count). The first kappa shape index (κ1) is 28.0. The Morgan fingerprint density at radius 1 is 0.927 bits per heavy atom. The predicted molar refractivity (Wildman–Crippen MR) is 152 cm³/mol. The quantitative estimate of drug-likeness (QED) is 0.261. The Kier molecular flexibility index (Phi) is 7.60. The van der Waals surface area contributed by atoms with E-state index >= 15 is 0 Å². The van der Waals surface area contributed by atoms with Crippen molar-refractivity contribution in [2.45, 2.75) is 32.1 Å². The summed E-state index contributed by atoms with van der Waals surface area (Å²) in [5.41, 5.74) is 3.21. The molecular formula is C27H30N8O5S. The lowest BCUT2D eigenvalue weighted by Crippen LogP contribution is -2.33. The highest BCUT2D eigenvalue weighted by Crippen LogP contribution is 2.39. The van der Waals surface area contributed by atoms with Crippen LogP contribution in [0.1, 0.15) is 30.1 Å². The third kappa shape index (κ3) is 5.07. The average molecular weight is 579 g/mol. The Labute approximate surface area is 237 Å². The lowest BCUT2D eigenvalue weighted by molar-refractivity contribution is 0.0949. The van der Waals surface area contributed by atoms with Crippen molar-refractivity contribution >= 4 is 21.6 Å². The standard InChI is InChI=1S/C27H30N8O5S/c1-16-14-28-25(29-15-16)24(40-6)18(3)41(36,37)33-27-32-31-26(22-17(2)30-21-12-7-8-13-34(21)22)35(27)23-19(38-4)10-9-11-20(23)39-5/h7-15,18,24H,1-6H3,(H,32,33)/t18-,24-/m0/s1. The smallest absolute Gasteiger partial charge is 0.243 e. The third-order valence-corrected chi connectivity index (χ3v) is 8.36. The van der Waals surface area contributed by atoms with Crippen LogP contribution in [0.5, 0.6) is 11.5 Å². The molecule has 0 aliphatic rings. The van der Waals surface area contributed by atoms with Gasteiger partial charge in [-0.15, -0.1) is 10.2 Å². The second-order valence-corrected chi connectivity index (χ2v) is 11.3. The Balaban J connectivity index is 1.68. The SMILES string of the molecule is COc1cccc(OC)c1-n1c(NS(=O)(=O)[C@@H](C)[C@H](OC)c2ncc(C)cn2)nnc1-c1c(C)nc2ccccn12. The summed E-state index contributed by atoms with van der Waals surface area (Å²) >= 11 is 0. The fourth-order valence-corrected chi connectivity index (χ4v) is 5.72. The first-order chi connectivity index (χ1) is 19.7. The van der Waals surface area contributed by atoms with E-state index in [9.17, 15) is 8.42 Å². The van der Waals surface area contributed by atoms with E-state index in [0.29, 0.717) is 40.0 Å². The number of nitrogens with zero attached hydrogens (tertiary/aromatic N) is 7. The minimum Gasteiger partial charge on any atom is -0.494 e.